The molecule has 0 radical (unpaired) electrons. The summed E-state index contributed by atoms with van der Waals surface area (Å²) in [5.41, 5.74) is 1.53. The Labute approximate surface area is 139 Å². The smallest absolute Gasteiger partial charge is 0.238 e. The first-order valence-electron chi connectivity index (χ1n) is 6.84. The SMILES string of the molecule is COc1cc(Cl)c(C)cc1NC(=O)CN(C)Cc1cccs1. The van der Waals surface area contributed by atoms with Crippen molar-refractivity contribution in [2.45, 2.75) is 13.5 Å². The molecule has 1 N–H and O–H groups in total. The van der Waals surface area contributed by atoms with Crippen LogP contribution < -0.4 is 10.1 Å². The van der Waals surface area contributed by atoms with E-state index in [-0.39, 0.29) is 5.91 Å². The number of carbonyl (C=O) groups excluding carboxylic acids is 1. The van der Waals surface area contributed by atoms with Gasteiger partial charge in [-0.2, -0.15) is 0 Å². The highest BCUT2D eigenvalue weighted by molar-refractivity contribution is 7.09. The fourth-order valence-electron chi connectivity index (χ4n) is 2.09. The molecule has 1 aromatic carbocycles. The lowest BCUT2D eigenvalue weighted by Gasteiger charge is -2.17. The van der Waals surface area contributed by atoms with Crippen LogP contribution in [-0.2, 0) is 11.3 Å². The van der Waals surface area contributed by atoms with Crippen LogP contribution in [0.4, 0.5) is 5.69 Å². The summed E-state index contributed by atoms with van der Waals surface area (Å²) in [7, 11) is 3.48. The predicted octanol–water partition coefficient (Wildman–Crippen LogP) is 3.79. The van der Waals surface area contributed by atoms with Crippen LogP contribution in [0.2, 0.25) is 5.02 Å². The monoisotopic (exact) mass is 338 g/mol. The van der Waals surface area contributed by atoms with Crippen LogP contribution in [0.15, 0.2) is 29.6 Å². The van der Waals surface area contributed by atoms with E-state index in [9.17, 15) is 4.79 Å². The maximum atomic E-state index is 12.2. The predicted molar refractivity (Wildman–Crippen MR) is 92.0 cm³/mol. The minimum absolute atomic E-state index is 0.0842. The van der Waals surface area contributed by atoms with Crippen molar-refractivity contribution in [3.8, 4) is 5.75 Å². The van der Waals surface area contributed by atoms with Gasteiger partial charge >= 0.3 is 0 Å². The van der Waals surface area contributed by atoms with Gasteiger partial charge in [-0.1, -0.05) is 17.7 Å². The molecule has 0 bridgehead atoms. The third-order valence-electron chi connectivity index (χ3n) is 3.17. The summed E-state index contributed by atoms with van der Waals surface area (Å²) in [5.74, 6) is 0.476. The summed E-state index contributed by atoms with van der Waals surface area (Å²) >= 11 is 7.75. The van der Waals surface area contributed by atoms with Crippen LogP contribution in [0.5, 0.6) is 5.75 Å². The van der Waals surface area contributed by atoms with Crippen molar-refractivity contribution in [2.75, 3.05) is 26.0 Å². The molecule has 0 aliphatic rings. The van der Waals surface area contributed by atoms with Gasteiger partial charge in [-0.15, -0.1) is 11.3 Å². The van der Waals surface area contributed by atoms with E-state index in [2.05, 4.69) is 11.4 Å². The second-order valence-electron chi connectivity index (χ2n) is 5.10. The molecule has 1 amide bonds. The lowest BCUT2D eigenvalue weighted by atomic mass is 10.2. The molecule has 0 fully saturated rings. The van der Waals surface area contributed by atoms with Gasteiger partial charge in [0.25, 0.3) is 0 Å². The van der Waals surface area contributed by atoms with Gasteiger partial charge in [-0.05, 0) is 37.0 Å². The number of anilines is 1. The van der Waals surface area contributed by atoms with Gasteiger partial charge in [0.15, 0.2) is 0 Å². The number of halogens is 1. The highest BCUT2D eigenvalue weighted by Gasteiger charge is 2.12. The molecule has 2 rings (SSSR count). The van der Waals surface area contributed by atoms with Crippen LogP contribution in [-0.4, -0.2) is 31.5 Å². The number of thiophene rings is 1. The Balaban J connectivity index is 1.98. The van der Waals surface area contributed by atoms with Crippen LogP contribution in [0.1, 0.15) is 10.4 Å². The number of benzene rings is 1. The lowest BCUT2D eigenvalue weighted by molar-refractivity contribution is -0.117. The topological polar surface area (TPSA) is 41.6 Å². The summed E-state index contributed by atoms with van der Waals surface area (Å²) in [4.78, 5) is 15.4. The number of amides is 1. The van der Waals surface area contributed by atoms with Crippen LogP contribution >= 0.6 is 22.9 Å². The Kier molecular flexibility index (Phi) is 5.83. The Morgan fingerprint density at radius 2 is 2.23 bits per heavy atom. The molecule has 4 nitrogen and oxygen atoms in total. The normalized spacial score (nSPS) is 10.8. The van der Waals surface area contributed by atoms with Crippen molar-refractivity contribution in [2.24, 2.45) is 0 Å². The molecule has 22 heavy (non-hydrogen) atoms. The molecule has 118 valence electrons. The fraction of sp³-hybridized carbons (Fsp3) is 0.312. The Hall–Kier alpha value is -1.56. The third kappa shape index (κ3) is 4.47. The summed E-state index contributed by atoms with van der Waals surface area (Å²) in [5, 5.41) is 5.53. The number of carbonyl (C=O) groups is 1. The van der Waals surface area contributed by atoms with Crippen molar-refractivity contribution < 1.29 is 9.53 Å². The average Bonchev–Trinajstić information content (AvgIpc) is 2.95. The molecule has 0 unspecified atom stereocenters. The highest BCUT2D eigenvalue weighted by atomic mass is 35.5. The zero-order chi connectivity index (χ0) is 16.1. The van der Waals surface area contributed by atoms with Gasteiger partial charge in [0.05, 0.1) is 19.3 Å². The Morgan fingerprint density at radius 3 is 2.86 bits per heavy atom. The first-order valence-corrected chi connectivity index (χ1v) is 8.10. The van der Waals surface area contributed by atoms with Crippen molar-refractivity contribution >= 4 is 34.5 Å². The van der Waals surface area contributed by atoms with Crippen molar-refractivity contribution in [1.82, 2.24) is 4.90 Å². The van der Waals surface area contributed by atoms with Crippen molar-refractivity contribution in [1.29, 1.82) is 0 Å². The second kappa shape index (κ2) is 7.63. The molecular weight excluding hydrogens is 320 g/mol. The van der Waals surface area contributed by atoms with E-state index in [1.54, 1.807) is 24.5 Å². The summed E-state index contributed by atoms with van der Waals surface area (Å²) in [6, 6.07) is 7.60. The minimum atomic E-state index is -0.0842. The van der Waals surface area contributed by atoms with E-state index in [1.807, 2.05) is 36.4 Å². The molecule has 1 heterocycles. The summed E-state index contributed by atoms with van der Waals surface area (Å²) in [6.07, 6.45) is 0. The Bertz CT molecular complexity index is 644. The average molecular weight is 339 g/mol. The summed E-state index contributed by atoms with van der Waals surface area (Å²) in [6.45, 7) is 2.95. The molecule has 1 aromatic heterocycles. The quantitative estimate of drug-likeness (QED) is 0.871. The standard InChI is InChI=1S/C16H19ClN2O2S/c1-11-7-14(15(21-3)8-13(11)17)18-16(20)10-19(2)9-12-5-4-6-22-12/h4-8H,9-10H2,1-3H3,(H,18,20). The van der Waals surface area contributed by atoms with E-state index in [0.29, 0.717) is 23.0 Å². The second-order valence-corrected chi connectivity index (χ2v) is 6.54. The minimum Gasteiger partial charge on any atom is -0.495 e. The van der Waals surface area contributed by atoms with E-state index in [1.165, 1.54) is 4.88 Å². The molecule has 2 aromatic rings. The molecule has 6 heteroatoms. The number of rotatable bonds is 6. The van der Waals surface area contributed by atoms with Gasteiger partial charge < -0.3 is 10.1 Å². The fourth-order valence-corrected chi connectivity index (χ4v) is 3.03. The maximum Gasteiger partial charge on any atom is 0.238 e. The van der Waals surface area contributed by atoms with E-state index >= 15 is 0 Å². The van der Waals surface area contributed by atoms with Gasteiger partial charge in [0.1, 0.15) is 5.75 Å². The molecule has 0 aliphatic carbocycles. The van der Waals surface area contributed by atoms with Gasteiger partial charge in [0.2, 0.25) is 5.91 Å². The van der Waals surface area contributed by atoms with Crippen LogP contribution in [0.25, 0.3) is 0 Å². The molecule has 0 aliphatic heterocycles. The number of ether oxygens (including phenoxy) is 1. The molecular formula is C16H19ClN2O2S. The zero-order valence-electron chi connectivity index (χ0n) is 12.9. The van der Waals surface area contributed by atoms with Crippen molar-refractivity contribution in [3.63, 3.8) is 0 Å². The first-order chi connectivity index (χ1) is 10.5. The van der Waals surface area contributed by atoms with Crippen LogP contribution in [0, 0.1) is 6.92 Å². The summed E-state index contributed by atoms with van der Waals surface area (Å²) < 4.78 is 5.26. The molecule has 0 atom stereocenters. The molecule has 0 saturated heterocycles. The molecule has 0 spiro atoms. The first kappa shape index (κ1) is 16.8. The Morgan fingerprint density at radius 1 is 1.45 bits per heavy atom. The van der Waals surface area contributed by atoms with Gasteiger partial charge in [-0.3, -0.25) is 9.69 Å². The van der Waals surface area contributed by atoms with E-state index in [4.69, 9.17) is 16.3 Å². The number of hydrogen-bond donors (Lipinski definition) is 1. The third-order valence-corrected chi connectivity index (χ3v) is 4.44. The molecule has 0 saturated carbocycles. The van der Waals surface area contributed by atoms with Gasteiger partial charge in [-0.25, -0.2) is 0 Å². The zero-order valence-corrected chi connectivity index (χ0v) is 14.4. The highest BCUT2D eigenvalue weighted by Crippen LogP contribution is 2.30. The number of methoxy groups -OCH3 is 1. The number of aryl methyl sites for hydroxylation is 1. The van der Waals surface area contributed by atoms with Crippen LogP contribution in [0.3, 0.4) is 0 Å². The van der Waals surface area contributed by atoms with Gasteiger partial charge in [0, 0.05) is 22.5 Å². The number of hydrogen-bond acceptors (Lipinski definition) is 4. The van der Waals surface area contributed by atoms with E-state index in [0.717, 1.165) is 12.1 Å². The van der Waals surface area contributed by atoms with Crippen molar-refractivity contribution in [3.05, 3.63) is 45.1 Å². The lowest BCUT2D eigenvalue weighted by Crippen LogP contribution is -2.29. The maximum absolute atomic E-state index is 12.2. The van der Waals surface area contributed by atoms with E-state index < -0.39 is 0 Å². The number of nitrogens with one attached hydrogen (secondary N) is 1. The number of likely N-dealkylation sites (N-methyl/N-ethyl adjacent to an activating group) is 1. The number of nitrogens with zero attached hydrogens (tertiary/aromatic N) is 1. The largest absolute Gasteiger partial charge is 0.495 e.